The average molecular weight is 318 g/mol. The maximum Gasteiger partial charge on any atom is 0.417 e. The van der Waals surface area contributed by atoms with Crippen LogP contribution in [0.25, 0.3) is 0 Å². The lowest BCUT2D eigenvalue weighted by Crippen LogP contribution is -2.32. The fourth-order valence-electron chi connectivity index (χ4n) is 2.86. The Balaban J connectivity index is 1.78. The van der Waals surface area contributed by atoms with Crippen molar-refractivity contribution in [3.8, 4) is 0 Å². The summed E-state index contributed by atoms with van der Waals surface area (Å²) in [6.45, 7) is 3.12. The highest BCUT2D eigenvalue weighted by molar-refractivity contribution is 7.99. The zero-order chi connectivity index (χ0) is 15.3. The van der Waals surface area contributed by atoms with E-state index in [-0.39, 0.29) is 0 Å². The van der Waals surface area contributed by atoms with Crippen LogP contribution in [0.15, 0.2) is 23.4 Å². The van der Waals surface area contributed by atoms with Gasteiger partial charge < -0.3 is 5.32 Å². The van der Waals surface area contributed by atoms with Crippen LogP contribution >= 0.6 is 11.8 Å². The normalized spacial score (nSPS) is 22.7. The predicted octanol–water partition coefficient (Wildman–Crippen LogP) is 4.36. The fourth-order valence-corrected chi connectivity index (χ4v) is 3.78. The van der Waals surface area contributed by atoms with E-state index < -0.39 is 11.7 Å². The van der Waals surface area contributed by atoms with E-state index in [9.17, 15) is 13.2 Å². The van der Waals surface area contributed by atoms with E-state index in [0.29, 0.717) is 17.0 Å². The van der Waals surface area contributed by atoms with Gasteiger partial charge in [-0.05, 0) is 49.6 Å². The van der Waals surface area contributed by atoms with Crippen LogP contribution in [0, 0.1) is 5.92 Å². The van der Waals surface area contributed by atoms with Crippen molar-refractivity contribution >= 4 is 11.8 Å². The number of thioether (sulfide) groups is 1. The van der Waals surface area contributed by atoms with Gasteiger partial charge in [-0.3, -0.25) is 0 Å². The van der Waals surface area contributed by atoms with Gasteiger partial charge in [-0.25, -0.2) is 4.98 Å². The van der Waals surface area contributed by atoms with Crippen molar-refractivity contribution in [2.24, 2.45) is 5.92 Å². The smallest absolute Gasteiger partial charge is 0.314 e. The molecule has 2 atom stereocenters. The van der Waals surface area contributed by atoms with E-state index >= 15 is 0 Å². The van der Waals surface area contributed by atoms with Gasteiger partial charge in [0, 0.05) is 12.2 Å². The summed E-state index contributed by atoms with van der Waals surface area (Å²) in [7, 11) is 0. The van der Waals surface area contributed by atoms with Crippen LogP contribution in [-0.2, 0) is 6.18 Å². The Bertz CT molecular complexity index is 434. The van der Waals surface area contributed by atoms with Crippen LogP contribution in [0.5, 0.6) is 0 Å². The molecule has 1 heterocycles. The van der Waals surface area contributed by atoms with E-state index in [1.54, 1.807) is 11.8 Å². The van der Waals surface area contributed by atoms with E-state index in [0.717, 1.165) is 31.0 Å². The lowest BCUT2D eigenvalue weighted by Gasteiger charge is -2.19. The van der Waals surface area contributed by atoms with Crippen LogP contribution in [0.4, 0.5) is 13.2 Å². The first kappa shape index (κ1) is 16.6. The zero-order valence-corrected chi connectivity index (χ0v) is 12.9. The van der Waals surface area contributed by atoms with Crippen LogP contribution in [0.2, 0.25) is 0 Å². The summed E-state index contributed by atoms with van der Waals surface area (Å²) in [6.07, 6.45) is 1.45. The second-order valence-electron chi connectivity index (χ2n) is 5.38. The third-order valence-corrected chi connectivity index (χ3v) is 4.90. The molecular weight excluding hydrogens is 297 g/mol. The Hall–Kier alpha value is -0.750. The van der Waals surface area contributed by atoms with Gasteiger partial charge in [0.15, 0.2) is 0 Å². The number of hydrogen-bond donors (Lipinski definition) is 1. The molecule has 21 heavy (non-hydrogen) atoms. The number of hydrogen-bond acceptors (Lipinski definition) is 3. The molecule has 1 saturated carbocycles. The Labute approximate surface area is 127 Å². The molecule has 1 N–H and O–H groups in total. The van der Waals surface area contributed by atoms with E-state index in [1.807, 2.05) is 0 Å². The van der Waals surface area contributed by atoms with Crippen LogP contribution in [0.3, 0.4) is 0 Å². The summed E-state index contributed by atoms with van der Waals surface area (Å²) >= 11 is 1.54. The summed E-state index contributed by atoms with van der Waals surface area (Å²) < 4.78 is 37.3. The number of pyridine rings is 1. The minimum atomic E-state index is -4.31. The summed E-state index contributed by atoms with van der Waals surface area (Å²) in [5, 5.41) is 4.19. The number of alkyl halides is 3. The molecule has 2 rings (SSSR count). The molecule has 0 saturated heterocycles. The van der Waals surface area contributed by atoms with Gasteiger partial charge in [0.1, 0.15) is 0 Å². The number of nitrogens with one attached hydrogen (secondary N) is 1. The highest BCUT2D eigenvalue weighted by atomic mass is 32.2. The standard InChI is InChI=1S/C15H21F3N2S/c1-2-19-13-5-3-4-11(13)8-9-21-14-7-6-12(10-20-14)15(16,17)18/h6-7,10-11,13,19H,2-5,8-9H2,1H3. The zero-order valence-electron chi connectivity index (χ0n) is 12.1. The monoisotopic (exact) mass is 318 g/mol. The second kappa shape index (κ2) is 7.49. The molecule has 1 aromatic heterocycles. The Morgan fingerprint density at radius 1 is 1.33 bits per heavy atom. The highest BCUT2D eigenvalue weighted by Gasteiger charge is 2.30. The highest BCUT2D eigenvalue weighted by Crippen LogP contribution is 2.32. The first-order valence-electron chi connectivity index (χ1n) is 7.40. The van der Waals surface area contributed by atoms with Crippen LogP contribution in [-0.4, -0.2) is 23.3 Å². The SMILES string of the molecule is CCNC1CCCC1CCSc1ccc(C(F)(F)F)cn1. The van der Waals surface area contributed by atoms with E-state index in [1.165, 1.54) is 25.3 Å². The van der Waals surface area contributed by atoms with Gasteiger partial charge in [0.2, 0.25) is 0 Å². The molecule has 0 bridgehead atoms. The lowest BCUT2D eigenvalue weighted by molar-refractivity contribution is -0.137. The maximum absolute atomic E-state index is 12.4. The molecule has 1 aliphatic rings. The molecule has 6 heteroatoms. The molecule has 0 amide bonds. The molecule has 1 fully saturated rings. The van der Waals surface area contributed by atoms with E-state index in [4.69, 9.17) is 0 Å². The van der Waals surface area contributed by atoms with E-state index in [2.05, 4.69) is 17.2 Å². The quantitative estimate of drug-likeness (QED) is 0.789. The summed E-state index contributed by atoms with van der Waals surface area (Å²) in [4.78, 5) is 3.89. The Kier molecular flexibility index (Phi) is 5.93. The molecular formula is C15H21F3N2S. The Morgan fingerprint density at radius 3 is 2.76 bits per heavy atom. The fraction of sp³-hybridized carbons (Fsp3) is 0.667. The first-order chi connectivity index (χ1) is 10.0. The minimum absolute atomic E-state index is 0.608. The molecule has 0 spiro atoms. The van der Waals surface area contributed by atoms with Gasteiger partial charge in [-0.2, -0.15) is 13.2 Å². The molecule has 1 aliphatic carbocycles. The first-order valence-corrected chi connectivity index (χ1v) is 8.38. The second-order valence-corrected chi connectivity index (χ2v) is 6.49. The number of halogens is 3. The number of rotatable bonds is 6. The average Bonchev–Trinajstić information content (AvgIpc) is 2.86. The third kappa shape index (κ3) is 4.88. The topological polar surface area (TPSA) is 24.9 Å². The van der Waals surface area contributed by atoms with Gasteiger partial charge >= 0.3 is 6.18 Å². The Morgan fingerprint density at radius 2 is 2.14 bits per heavy atom. The number of aromatic nitrogens is 1. The van der Waals surface area contributed by atoms with Crippen molar-refractivity contribution in [2.45, 2.75) is 49.9 Å². The van der Waals surface area contributed by atoms with Crippen LogP contribution in [0.1, 0.15) is 38.2 Å². The molecule has 0 aliphatic heterocycles. The summed E-state index contributed by atoms with van der Waals surface area (Å²) in [5.74, 6) is 1.59. The van der Waals surface area contributed by atoms with Gasteiger partial charge in [-0.1, -0.05) is 13.3 Å². The molecule has 2 nitrogen and oxygen atoms in total. The molecule has 0 radical (unpaired) electrons. The van der Waals surface area contributed by atoms with Gasteiger partial charge in [-0.15, -0.1) is 11.8 Å². The predicted molar refractivity (Wildman–Crippen MR) is 79.4 cm³/mol. The summed E-state index contributed by atoms with van der Waals surface area (Å²) in [6, 6.07) is 3.17. The van der Waals surface area contributed by atoms with Crippen molar-refractivity contribution in [3.05, 3.63) is 23.9 Å². The van der Waals surface area contributed by atoms with Crippen LogP contribution < -0.4 is 5.32 Å². The molecule has 0 aromatic carbocycles. The van der Waals surface area contributed by atoms with Crippen molar-refractivity contribution < 1.29 is 13.2 Å². The van der Waals surface area contributed by atoms with Gasteiger partial charge in [0.05, 0.1) is 10.6 Å². The minimum Gasteiger partial charge on any atom is -0.314 e. The lowest BCUT2D eigenvalue weighted by atomic mass is 10.0. The van der Waals surface area contributed by atoms with Crippen molar-refractivity contribution in [3.63, 3.8) is 0 Å². The molecule has 118 valence electrons. The van der Waals surface area contributed by atoms with Crippen molar-refractivity contribution in [1.82, 2.24) is 10.3 Å². The third-order valence-electron chi connectivity index (χ3n) is 3.93. The summed E-state index contributed by atoms with van der Waals surface area (Å²) in [5.41, 5.74) is -0.685. The number of nitrogens with zero attached hydrogens (tertiary/aromatic N) is 1. The molecule has 2 unspecified atom stereocenters. The molecule has 1 aromatic rings. The maximum atomic E-state index is 12.4. The largest absolute Gasteiger partial charge is 0.417 e. The van der Waals surface area contributed by atoms with Crippen molar-refractivity contribution in [1.29, 1.82) is 0 Å². The van der Waals surface area contributed by atoms with Crippen molar-refractivity contribution in [2.75, 3.05) is 12.3 Å². The van der Waals surface area contributed by atoms with Gasteiger partial charge in [0.25, 0.3) is 0 Å².